The van der Waals surface area contributed by atoms with Gasteiger partial charge in [0.15, 0.2) is 17.5 Å². The van der Waals surface area contributed by atoms with Crippen molar-refractivity contribution in [2.75, 3.05) is 5.32 Å². The Bertz CT molecular complexity index is 716. The minimum atomic E-state index is -1.56. The Labute approximate surface area is 117 Å². The van der Waals surface area contributed by atoms with Gasteiger partial charge in [0.1, 0.15) is 16.6 Å². The molecule has 20 heavy (non-hydrogen) atoms. The highest BCUT2D eigenvalue weighted by Gasteiger charge is 2.13. The summed E-state index contributed by atoms with van der Waals surface area (Å²) in [6, 6.07) is 3.75. The summed E-state index contributed by atoms with van der Waals surface area (Å²) >= 11 is 1.26. The van der Waals surface area contributed by atoms with Crippen molar-refractivity contribution < 1.29 is 13.2 Å². The van der Waals surface area contributed by atoms with Crippen LogP contribution in [0.2, 0.25) is 0 Å². The third-order valence-electron chi connectivity index (χ3n) is 2.38. The lowest BCUT2D eigenvalue weighted by Crippen LogP contribution is -1.98. The molecule has 2 aromatic rings. The molecule has 1 heterocycles. The predicted octanol–water partition coefficient (Wildman–Crippen LogP) is 3.85. The third kappa shape index (κ3) is 2.81. The molecule has 0 unspecified atom stereocenters. The summed E-state index contributed by atoms with van der Waals surface area (Å²) in [5.74, 6) is -4.17. The number of aromatic nitrogens is 1. The number of aryl methyl sites for hydroxylation is 1. The highest BCUT2D eigenvalue weighted by Crippen LogP contribution is 2.22. The number of hydrogen-bond acceptors (Lipinski definition) is 4. The highest BCUT2D eigenvalue weighted by molar-refractivity contribution is 7.10. The van der Waals surface area contributed by atoms with Crippen LogP contribution in [0.5, 0.6) is 0 Å². The van der Waals surface area contributed by atoms with E-state index in [1.54, 1.807) is 12.3 Å². The number of benzene rings is 1. The Morgan fingerprint density at radius 1 is 1.35 bits per heavy atom. The number of allylic oxidation sites excluding steroid dienone is 1. The van der Waals surface area contributed by atoms with Gasteiger partial charge in [-0.25, -0.2) is 18.2 Å². The van der Waals surface area contributed by atoms with E-state index in [2.05, 4.69) is 10.3 Å². The van der Waals surface area contributed by atoms with Crippen molar-refractivity contribution in [1.82, 2.24) is 4.98 Å². The van der Waals surface area contributed by atoms with E-state index in [1.807, 2.05) is 6.07 Å². The van der Waals surface area contributed by atoms with Crippen molar-refractivity contribution in [2.45, 2.75) is 6.92 Å². The van der Waals surface area contributed by atoms with Gasteiger partial charge in [0.05, 0.1) is 5.69 Å². The Hall–Kier alpha value is -2.33. The number of anilines is 1. The van der Waals surface area contributed by atoms with Crippen LogP contribution < -0.4 is 5.32 Å². The van der Waals surface area contributed by atoms with Crippen LogP contribution in [0.25, 0.3) is 5.57 Å². The normalized spacial score (nSPS) is 11.2. The molecule has 0 spiro atoms. The third-order valence-corrected chi connectivity index (χ3v) is 3.37. The lowest BCUT2D eigenvalue weighted by atomic mass is 10.2. The number of rotatable bonds is 3. The molecule has 0 aliphatic heterocycles. The largest absolute Gasteiger partial charge is 0.358 e. The van der Waals surface area contributed by atoms with Crippen LogP contribution in [0.3, 0.4) is 0 Å². The van der Waals surface area contributed by atoms with E-state index < -0.39 is 17.5 Å². The van der Waals surface area contributed by atoms with Gasteiger partial charge in [0, 0.05) is 17.3 Å². The highest BCUT2D eigenvalue weighted by atomic mass is 32.1. The van der Waals surface area contributed by atoms with Crippen LogP contribution in [-0.2, 0) is 0 Å². The van der Waals surface area contributed by atoms with Crippen LogP contribution in [-0.4, -0.2) is 4.98 Å². The van der Waals surface area contributed by atoms with Crippen LogP contribution in [0.15, 0.2) is 23.7 Å². The molecule has 0 amide bonds. The van der Waals surface area contributed by atoms with Gasteiger partial charge in [-0.1, -0.05) is 0 Å². The van der Waals surface area contributed by atoms with Crippen LogP contribution >= 0.6 is 11.3 Å². The van der Waals surface area contributed by atoms with Gasteiger partial charge < -0.3 is 5.32 Å². The summed E-state index contributed by atoms with van der Waals surface area (Å²) in [6.45, 7) is 1.78. The molecular weight excluding hydrogens is 287 g/mol. The maximum absolute atomic E-state index is 13.4. The molecule has 7 heteroatoms. The molecule has 0 saturated carbocycles. The molecule has 1 aromatic heterocycles. The Morgan fingerprint density at radius 2 is 2.10 bits per heavy atom. The molecule has 0 aliphatic carbocycles. The maximum Gasteiger partial charge on any atom is 0.196 e. The van der Waals surface area contributed by atoms with E-state index in [0.717, 1.165) is 17.8 Å². The first-order valence-corrected chi connectivity index (χ1v) is 6.33. The van der Waals surface area contributed by atoms with E-state index >= 15 is 0 Å². The van der Waals surface area contributed by atoms with Crippen LogP contribution in [0.1, 0.15) is 10.7 Å². The molecule has 1 N–H and O–H groups in total. The van der Waals surface area contributed by atoms with E-state index in [0.29, 0.717) is 5.01 Å². The average molecular weight is 295 g/mol. The van der Waals surface area contributed by atoms with Crippen molar-refractivity contribution >= 4 is 22.6 Å². The van der Waals surface area contributed by atoms with Crippen molar-refractivity contribution in [2.24, 2.45) is 0 Å². The van der Waals surface area contributed by atoms with Crippen molar-refractivity contribution in [3.8, 4) is 6.07 Å². The first kappa shape index (κ1) is 14.1. The smallest absolute Gasteiger partial charge is 0.196 e. The summed E-state index contributed by atoms with van der Waals surface area (Å²) in [5.41, 5.74) is 0.669. The van der Waals surface area contributed by atoms with Gasteiger partial charge in [0.2, 0.25) is 0 Å². The SMILES string of the molecule is Cc1csc(/C(C#N)=C/Nc2ccc(F)c(F)c2F)n1. The summed E-state index contributed by atoms with van der Waals surface area (Å²) < 4.78 is 39.2. The first-order valence-electron chi connectivity index (χ1n) is 5.45. The second-order valence-corrected chi connectivity index (χ2v) is 4.69. The molecule has 0 fully saturated rings. The number of halogens is 3. The van der Waals surface area contributed by atoms with E-state index in [-0.39, 0.29) is 11.3 Å². The monoisotopic (exact) mass is 295 g/mol. The van der Waals surface area contributed by atoms with E-state index in [9.17, 15) is 13.2 Å². The zero-order valence-corrected chi connectivity index (χ0v) is 11.1. The second-order valence-electron chi connectivity index (χ2n) is 3.83. The number of nitrogens with one attached hydrogen (secondary N) is 1. The minimum Gasteiger partial charge on any atom is -0.358 e. The molecule has 2 rings (SSSR count). The van der Waals surface area contributed by atoms with Crippen molar-refractivity contribution in [3.05, 3.63) is 51.9 Å². The fourth-order valence-corrected chi connectivity index (χ4v) is 2.17. The molecule has 0 saturated heterocycles. The summed E-state index contributed by atoms with van der Waals surface area (Å²) in [6.07, 6.45) is 1.20. The number of hydrogen-bond donors (Lipinski definition) is 1. The average Bonchev–Trinajstić information content (AvgIpc) is 2.86. The van der Waals surface area contributed by atoms with Crippen molar-refractivity contribution in [1.29, 1.82) is 5.26 Å². The molecule has 0 bridgehead atoms. The Kier molecular flexibility index (Phi) is 4.05. The topological polar surface area (TPSA) is 48.7 Å². The Morgan fingerprint density at radius 3 is 2.70 bits per heavy atom. The molecule has 1 aromatic carbocycles. The molecule has 3 nitrogen and oxygen atoms in total. The van der Waals surface area contributed by atoms with Gasteiger partial charge in [-0.3, -0.25) is 0 Å². The fourth-order valence-electron chi connectivity index (χ4n) is 1.41. The number of nitrogens with zero attached hydrogens (tertiary/aromatic N) is 2. The van der Waals surface area contributed by atoms with Gasteiger partial charge in [-0.05, 0) is 19.1 Å². The lowest BCUT2D eigenvalue weighted by Gasteiger charge is -2.04. The fraction of sp³-hybridized carbons (Fsp3) is 0.0769. The zero-order chi connectivity index (χ0) is 14.7. The summed E-state index contributed by atoms with van der Waals surface area (Å²) in [4.78, 5) is 4.11. The van der Waals surface area contributed by atoms with Crippen molar-refractivity contribution in [3.63, 3.8) is 0 Å². The molecular formula is C13H8F3N3S. The van der Waals surface area contributed by atoms with E-state index in [4.69, 9.17) is 5.26 Å². The zero-order valence-electron chi connectivity index (χ0n) is 10.2. The van der Waals surface area contributed by atoms with Gasteiger partial charge in [-0.15, -0.1) is 11.3 Å². The first-order chi connectivity index (χ1) is 9.52. The molecule has 0 aliphatic rings. The Balaban J connectivity index is 2.28. The molecule has 0 atom stereocenters. The quantitative estimate of drug-likeness (QED) is 0.691. The number of thiazole rings is 1. The minimum absolute atomic E-state index is 0.173. The summed E-state index contributed by atoms with van der Waals surface area (Å²) in [7, 11) is 0. The standard InChI is InChI=1S/C13H8F3N3S/c1-7-6-20-13(19-7)8(4-17)5-18-10-3-2-9(14)11(15)12(10)16/h2-3,5-6,18H,1H3/b8-5+. The van der Waals surface area contributed by atoms with Gasteiger partial charge >= 0.3 is 0 Å². The van der Waals surface area contributed by atoms with Gasteiger partial charge in [-0.2, -0.15) is 5.26 Å². The second kappa shape index (κ2) is 5.75. The van der Waals surface area contributed by atoms with Gasteiger partial charge in [0.25, 0.3) is 0 Å². The number of nitriles is 1. The lowest BCUT2D eigenvalue weighted by molar-refractivity contribution is 0.449. The predicted molar refractivity (Wildman–Crippen MR) is 70.4 cm³/mol. The molecule has 102 valence electrons. The summed E-state index contributed by atoms with van der Waals surface area (Å²) in [5, 5.41) is 13.7. The van der Waals surface area contributed by atoms with Crippen LogP contribution in [0.4, 0.5) is 18.9 Å². The molecule has 0 radical (unpaired) electrons. The van der Waals surface area contributed by atoms with Crippen LogP contribution in [0, 0.1) is 35.7 Å². The van der Waals surface area contributed by atoms with E-state index in [1.165, 1.54) is 17.5 Å². The maximum atomic E-state index is 13.4.